The van der Waals surface area contributed by atoms with Gasteiger partial charge in [-0.2, -0.15) is 5.10 Å². The second-order valence-electron chi connectivity index (χ2n) is 6.96. The average molecular weight is 333 g/mol. The van der Waals surface area contributed by atoms with Gasteiger partial charge in [-0.05, 0) is 39.2 Å². The summed E-state index contributed by atoms with van der Waals surface area (Å²) in [6, 6.07) is 2.49. The van der Waals surface area contributed by atoms with E-state index in [1.165, 1.54) is 25.7 Å². The Morgan fingerprint density at radius 1 is 1.42 bits per heavy atom. The van der Waals surface area contributed by atoms with Crippen LogP contribution in [0.3, 0.4) is 0 Å². The van der Waals surface area contributed by atoms with Crippen LogP contribution in [-0.2, 0) is 18.3 Å². The fraction of sp³-hybridized carbons (Fsp3) is 0.778. The molecule has 2 fully saturated rings. The molecular formula is C18H31N5O. The van der Waals surface area contributed by atoms with E-state index in [0.29, 0.717) is 24.1 Å². The quantitative estimate of drug-likeness (QED) is 0.619. The van der Waals surface area contributed by atoms with Crippen LogP contribution in [0, 0.1) is 5.41 Å². The van der Waals surface area contributed by atoms with Crippen LogP contribution >= 0.6 is 0 Å². The molecular weight excluding hydrogens is 302 g/mol. The second-order valence-corrected chi connectivity index (χ2v) is 6.96. The molecule has 0 amide bonds. The fourth-order valence-corrected chi connectivity index (χ4v) is 4.29. The Balaban J connectivity index is 1.66. The van der Waals surface area contributed by atoms with Gasteiger partial charge in [0.2, 0.25) is 0 Å². The Morgan fingerprint density at radius 3 is 2.83 bits per heavy atom. The third-order valence-corrected chi connectivity index (χ3v) is 5.66. The van der Waals surface area contributed by atoms with Crippen molar-refractivity contribution < 1.29 is 4.74 Å². The summed E-state index contributed by atoms with van der Waals surface area (Å²) >= 11 is 0. The number of guanidine groups is 1. The molecule has 1 aromatic rings. The van der Waals surface area contributed by atoms with Crippen molar-refractivity contribution in [2.75, 3.05) is 13.2 Å². The summed E-state index contributed by atoms with van der Waals surface area (Å²) in [6.45, 7) is 6.53. The van der Waals surface area contributed by atoms with Crippen LogP contribution in [0.25, 0.3) is 0 Å². The molecule has 2 saturated carbocycles. The number of nitrogens with zero attached hydrogens (tertiary/aromatic N) is 3. The standard InChI is InChI=1S/C18H31N5O/c1-4-19-17(20-13-14-8-11-21-23(14)3)22-15-12-16(24-5-2)18(15)9-6-7-10-18/h8,11,15-16H,4-7,9-10,12-13H2,1-3H3,(H2,19,20,22). The molecule has 0 bridgehead atoms. The van der Waals surface area contributed by atoms with E-state index in [9.17, 15) is 0 Å². The van der Waals surface area contributed by atoms with E-state index in [0.717, 1.165) is 31.2 Å². The molecule has 6 nitrogen and oxygen atoms in total. The van der Waals surface area contributed by atoms with E-state index in [1.54, 1.807) is 0 Å². The average Bonchev–Trinajstić information content (AvgIpc) is 3.22. The van der Waals surface area contributed by atoms with Crippen molar-refractivity contribution in [2.24, 2.45) is 17.5 Å². The molecule has 0 aromatic carbocycles. The van der Waals surface area contributed by atoms with Crippen molar-refractivity contribution in [1.82, 2.24) is 20.4 Å². The van der Waals surface area contributed by atoms with E-state index >= 15 is 0 Å². The zero-order chi connectivity index (χ0) is 17.0. The van der Waals surface area contributed by atoms with Gasteiger partial charge in [0.05, 0.1) is 18.3 Å². The van der Waals surface area contributed by atoms with Crippen LogP contribution in [0.15, 0.2) is 17.3 Å². The first-order valence-electron chi connectivity index (χ1n) is 9.33. The lowest BCUT2D eigenvalue weighted by molar-refractivity contribution is -0.125. The Kier molecular flexibility index (Phi) is 5.43. The van der Waals surface area contributed by atoms with Gasteiger partial charge in [-0.3, -0.25) is 4.68 Å². The number of ether oxygens (including phenoxy) is 1. The molecule has 0 saturated heterocycles. The van der Waals surface area contributed by atoms with Gasteiger partial charge in [0.25, 0.3) is 0 Å². The molecule has 134 valence electrons. The number of aromatic nitrogens is 2. The van der Waals surface area contributed by atoms with E-state index in [2.05, 4.69) is 29.6 Å². The van der Waals surface area contributed by atoms with Crippen LogP contribution in [0.5, 0.6) is 0 Å². The molecule has 2 aliphatic carbocycles. The first-order valence-corrected chi connectivity index (χ1v) is 9.33. The molecule has 0 aliphatic heterocycles. The van der Waals surface area contributed by atoms with Crippen LogP contribution in [0.1, 0.15) is 51.6 Å². The molecule has 2 aliphatic rings. The van der Waals surface area contributed by atoms with Crippen molar-refractivity contribution in [3.63, 3.8) is 0 Å². The van der Waals surface area contributed by atoms with Crippen LogP contribution < -0.4 is 10.6 Å². The first kappa shape index (κ1) is 17.3. The van der Waals surface area contributed by atoms with Gasteiger partial charge in [0.15, 0.2) is 5.96 Å². The Labute approximate surface area is 145 Å². The monoisotopic (exact) mass is 333 g/mol. The third-order valence-electron chi connectivity index (χ3n) is 5.66. The van der Waals surface area contributed by atoms with Gasteiger partial charge in [0.1, 0.15) is 0 Å². The maximum absolute atomic E-state index is 6.01. The summed E-state index contributed by atoms with van der Waals surface area (Å²) in [7, 11) is 1.96. The van der Waals surface area contributed by atoms with Crippen molar-refractivity contribution in [1.29, 1.82) is 0 Å². The zero-order valence-electron chi connectivity index (χ0n) is 15.2. The lowest BCUT2D eigenvalue weighted by Gasteiger charge is -2.54. The highest BCUT2D eigenvalue weighted by molar-refractivity contribution is 5.80. The molecule has 2 atom stereocenters. The fourth-order valence-electron chi connectivity index (χ4n) is 4.29. The summed E-state index contributed by atoms with van der Waals surface area (Å²) in [5.74, 6) is 0.907. The maximum Gasteiger partial charge on any atom is 0.191 e. The number of hydrogen-bond donors (Lipinski definition) is 2. The zero-order valence-corrected chi connectivity index (χ0v) is 15.2. The summed E-state index contributed by atoms with van der Waals surface area (Å²) < 4.78 is 7.89. The summed E-state index contributed by atoms with van der Waals surface area (Å²) in [5, 5.41) is 11.3. The molecule has 2 N–H and O–H groups in total. The van der Waals surface area contributed by atoms with Crippen molar-refractivity contribution in [3.05, 3.63) is 18.0 Å². The van der Waals surface area contributed by atoms with E-state index in [4.69, 9.17) is 9.73 Å². The topological polar surface area (TPSA) is 63.5 Å². The molecule has 1 aromatic heterocycles. The summed E-state index contributed by atoms with van der Waals surface area (Å²) in [5.41, 5.74) is 1.43. The number of aryl methyl sites for hydroxylation is 1. The Morgan fingerprint density at radius 2 is 2.21 bits per heavy atom. The lowest BCUT2D eigenvalue weighted by atomic mass is 9.60. The highest BCUT2D eigenvalue weighted by Gasteiger charge is 2.56. The second kappa shape index (κ2) is 7.55. The highest BCUT2D eigenvalue weighted by atomic mass is 16.5. The number of nitrogens with one attached hydrogen (secondary N) is 2. The van der Waals surface area contributed by atoms with Gasteiger partial charge in [-0.1, -0.05) is 12.8 Å². The number of rotatable bonds is 6. The van der Waals surface area contributed by atoms with Gasteiger partial charge in [-0.25, -0.2) is 4.99 Å². The van der Waals surface area contributed by atoms with Gasteiger partial charge < -0.3 is 15.4 Å². The van der Waals surface area contributed by atoms with Gasteiger partial charge >= 0.3 is 0 Å². The van der Waals surface area contributed by atoms with Crippen LogP contribution in [0.4, 0.5) is 0 Å². The normalized spacial score (nSPS) is 25.7. The molecule has 1 spiro atoms. The van der Waals surface area contributed by atoms with Crippen molar-refractivity contribution in [3.8, 4) is 0 Å². The van der Waals surface area contributed by atoms with E-state index in [1.807, 2.05) is 24.0 Å². The predicted octanol–water partition coefficient (Wildman–Crippen LogP) is 2.21. The number of aliphatic imine (C=N–C) groups is 1. The van der Waals surface area contributed by atoms with Crippen LogP contribution in [-0.4, -0.2) is 41.0 Å². The smallest absolute Gasteiger partial charge is 0.191 e. The van der Waals surface area contributed by atoms with E-state index in [-0.39, 0.29) is 0 Å². The van der Waals surface area contributed by atoms with E-state index < -0.39 is 0 Å². The minimum absolute atomic E-state index is 0.318. The maximum atomic E-state index is 6.01. The number of hydrogen-bond acceptors (Lipinski definition) is 3. The highest BCUT2D eigenvalue weighted by Crippen LogP contribution is 2.54. The minimum atomic E-state index is 0.318. The SMILES string of the molecule is CCNC(=NCc1ccnn1C)NC1CC(OCC)C12CCCC2. The molecule has 6 heteroatoms. The van der Waals surface area contributed by atoms with Crippen molar-refractivity contribution in [2.45, 2.75) is 64.6 Å². The summed E-state index contributed by atoms with van der Waals surface area (Å²) in [4.78, 5) is 4.76. The van der Waals surface area contributed by atoms with Gasteiger partial charge in [0, 0.05) is 37.9 Å². The molecule has 2 unspecified atom stereocenters. The predicted molar refractivity (Wildman–Crippen MR) is 95.9 cm³/mol. The largest absolute Gasteiger partial charge is 0.378 e. The third kappa shape index (κ3) is 3.29. The lowest BCUT2D eigenvalue weighted by Crippen LogP contribution is -2.65. The van der Waals surface area contributed by atoms with Gasteiger partial charge in [-0.15, -0.1) is 0 Å². The Bertz CT molecular complexity index is 562. The minimum Gasteiger partial charge on any atom is -0.378 e. The Hall–Kier alpha value is -1.56. The van der Waals surface area contributed by atoms with Crippen LogP contribution in [0.2, 0.25) is 0 Å². The first-order chi connectivity index (χ1) is 11.7. The summed E-state index contributed by atoms with van der Waals surface area (Å²) in [6.07, 6.45) is 8.52. The molecule has 24 heavy (non-hydrogen) atoms. The molecule has 0 radical (unpaired) electrons. The molecule has 1 heterocycles. The van der Waals surface area contributed by atoms with Crippen molar-refractivity contribution >= 4 is 5.96 Å². The molecule has 3 rings (SSSR count).